The third-order valence-corrected chi connectivity index (χ3v) is 6.82. The Morgan fingerprint density at radius 3 is 2.46 bits per heavy atom. The lowest BCUT2D eigenvalue weighted by molar-refractivity contribution is -0.146. The summed E-state index contributed by atoms with van der Waals surface area (Å²) >= 11 is 0. The number of aliphatic carboxylic acids is 2. The number of benzene rings is 1. The number of hydrogen-bond donors (Lipinski definition) is 4. The van der Waals surface area contributed by atoms with Crippen LogP contribution in [0.4, 0.5) is 4.79 Å². The fraction of sp³-hybridized carbons (Fsp3) is 0.615. The van der Waals surface area contributed by atoms with Gasteiger partial charge in [0.15, 0.2) is 0 Å². The standard InChI is InChI=1S/C26H40N4O7/c1-3-5-15-37-21(31)12-14-29(4-2)26(36)30-20(24(32)33)16-17-9-6-7-10-18(17)23(30)19(11-8-13-27)22(28)25(34)35/h6-7,9-10,19-20,22-23H,3-5,8,11-16,27-28H2,1-2H3,(H,32,33)(H,34,35)/t19?,20-,22-,23?/m0/s1. The highest BCUT2D eigenvalue weighted by molar-refractivity contribution is 5.85. The van der Waals surface area contributed by atoms with E-state index >= 15 is 0 Å². The Morgan fingerprint density at radius 2 is 1.86 bits per heavy atom. The van der Waals surface area contributed by atoms with Crippen molar-refractivity contribution in [3.8, 4) is 0 Å². The second-order valence-corrected chi connectivity index (χ2v) is 9.25. The minimum Gasteiger partial charge on any atom is -0.480 e. The van der Waals surface area contributed by atoms with Crippen molar-refractivity contribution in [2.75, 3.05) is 26.2 Å². The van der Waals surface area contributed by atoms with Gasteiger partial charge in [0.25, 0.3) is 0 Å². The number of ether oxygens (including phenoxy) is 1. The van der Waals surface area contributed by atoms with Crippen molar-refractivity contribution < 1.29 is 34.1 Å². The van der Waals surface area contributed by atoms with Gasteiger partial charge in [0.1, 0.15) is 12.1 Å². The largest absolute Gasteiger partial charge is 0.480 e. The number of urea groups is 1. The molecule has 1 aliphatic heterocycles. The molecule has 0 aromatic heterocycles. The molecule has 1 heterocycles. The first-order valence-corrected chi connectivity index (χ1v) is 12.9. The normalized spacial score (nSPS) is 18.4. The zero-order chi connectivity index (χ0) is 27.5. The fourth-order valence-electron chi connectivity index (χ4n) is 4.81. The molecule has 1 aromatic carbocycles. The number of hydrogen-bond acceptors (Lipinski definition) is 7. The van der Waals surface area contributed by atoms with Gasteiger partial charge in [-0.15, -0.1) is 0 Å². The van der Waals surface area contributed by atoms with Crippen molar-refractivity contribution in [3.63, 3.8) is 0 Å². The first-order chi connectivity index (χ1) is 17.7. The lowest BCUT2D eigenvalue weighted by Crippen LogP contribution is -2.59. The summed E-state index contributed by atoms with van der Waals surface area (Å²) in [5.41, 5.74) is 13.2. The molecule has 2 rings (SSSR count). The minimum absolute atomic E-state index is 0.0376. The number of fused-ring (bicyclic) bond motifs is 1. The summed E-state index contributed by atoms with van der Waals surface area (Å²) in [6, 6.07) is 3.04. The first-order valence-electron chi connectivity index (χ1n) is 12.9. The van der Waals surface area contributed by atoms with E-state index in [1.807, 2.05) is 6.92 Å². The lowest BCUT2D eigenvalue weighted by Gasteiger charge is -2.47. The minimum atomic E-state index is -1.35. The van der Waals surface area contributed by atoms with Crippen LogP contribution in [-0.4, -0.2) is 82.3 Å². The van der Waals surface area contributed by atoms with Crippen LogP contribution in [0.2, 0.25) is 0 Å². The Labute approximate surface area is 217 Å². The highest BCUT2D eigenvalue weighted by atomic mass is 16.5. The van der Waals surface area contributed by atoms with Crippen LogP contribution in [0.3, 0.4) is 0 Å². The molecule has 206 valence electrons. The van der Waals surface area contributed by atoms with Crippen LogP contribution in [-0.2, 0) is 25.5 Å². The van der Waals surface area contributed by atoms with Crippen molar-refractivity contribution in [2.45, 2.75) is 70.5 Å². The van der Waals surface area contributed by atoms with Gasteiger partial charge in [0, 0.05) is 25.4 Å². The SMILES string of the molecule is CCCCOC(=O)CCN(CC)C(=O)N1C(C(CCCN)[C@H](N)C(=O)O)c2ccccc2C[C@H]1C(=O)O. The van der Waals surface area contributed by atoms with Gasteiger partial charge in [0.2, 0.25) is 0 Å². The Bertz CT molecular complexity index is 941. The van der Waals surface area contributed by atoms with Gasteiger partial charge in [-0.05, 0) is 43.9 Å². The number of nitrogens with zero attached hydrogens (tertiary/aromatic N) is 2. The number of nitrogens with two attached hydrogens (primary N) is 2. The van der Waals surface area contributed by atoms with Gasteiger partial charge in [-0.3, -0.25) is 9.59 Å². The summed E-state index contributed by atoms with van der Waals surface area (Å²) in [7, 11) is 0. The van der Waals surface area contributed by atoms with Crippen molar-refractivity contribution in [2.24, 2.45) is 17.4 Å². The van der Waals surface area contributed by atoms with Crippen molar-refractivity contribution >= 4 is 23.9 Å². The van der Waals surface area contributed by atoms with Gasteiger partial charge in [-0.25, -0.2) is 9.59 Å². The number of carboxylic acid groups (broad SMARTS) is 2. The van der Waals surface area contributed by atoms with Crippen LogP contribution >= 0.6 is 0 Å². The van der Waals surface area contributed by atoms with E-state index in [2.05, 4.69) is 0 Å². The Hall–Kier alpha value is -3.18. The van der Waals surface area contributed by atoms with E-state index in [0.29, 0.717) is 18.6 Å². The van der Waals surface area contributed by atoms with Crippen LogP contribution in [0.25, 0.3) is 0 Å². The predicted molar refractivity (Wildman–Crippen MR) is 137 cm³/mol. The Balaban J connectivity index is 2.49. The van der Waals surface area contributed by atoms with Crippen LogP contribution in [0.1, 0.15) is 63.1 Å². The lowest BCUT2D eigenvalue weighted by atomic mass is 9.77. The van der Waals surface area contributed by atoms with Crippen LogP contribution < -0.4 is 11.5 Å². The predicted octanol–water partition coefficient (Wildman–Crippen LogP) is 1.98. The van der Waals surface area contributed by atoms with Gasteiger partial charge in [-0.1, -0.05) is 37.6 Å². The molecular formula is C26H40N4O7. The van der Waals surface area contributed by atoms with E-state index < -0.39 is 48.0 Å². The van der Waals surface area contributed by atoms with E-state index in [9.17, 15) is 29.4 Å². The van der Waals surface area contributed by atoms with Crippen LogP contribution in [0, 0.1) is 5.92 Å². The molecule has 0 saturated heterocycles. The Morgan fingerprint density at radius 1 is 1.16 bits per heavy atom. The maximum Gasteiger partial charge on any atom is 0.326 e. The van der Waals surface area contributed by atoms with E-state index in [0.717, 1.165) is 18.4 Å². The maximum atomic E-state index is 13.9. The molecule has 0 radical (unpaired) electrons. The number of unbranched alkanes of at least 4 members (excludes halogenated alkanes) is 1. The molecule has 11 nitrogen and oxygen atoms in total. The summed E-state index contributed by atoms with van der Waals surface area (Å²) in [6.07, 6.45) is 2.38. The Kier molecular flexibility index (Phi) is 11.8. The molecule has 0 fully saturated rings. The van der Waals surface area contributed by atoms with Crippen molar-refractivity contribution in [3.05, 3.63) is 35.4 Å². The van der Waals surface area contributed by atoms with Crippen molar-refractivity contribution in [1.29, 1.82) is 0 Å². The smallest absolute Gasteiger partial charge is 0.326 e. The first kappa shape index (κ1) is 30.0. The van der Waals surface area contributed by atoms with E-state index in [1.165, 1.54) is 9.80 Å². The average molecular weight is 521 g/mol. The average Bonchev–Trinajstić information content (AvgIpc) is 2.88. The summed E-state index contributed by atoms with van der Waals surface area (Å²) in [4.78, 5) is 53.2. The maximum absolute atomic E-state index is 13.9. The molecule has 11 heteroatoms. The summed E-state index contributed by atoms with van der Waals surface area (Å²) in [6.45, 7) is 4.56. The number of carbonyl (C=O) groups excluding carboxylic acids is 2. The molecule has 37 heavy (non-hydrogen) atoms. The van der Waals surface area contributed by atoms with Crippen LogP contribution in [0.5, 0.6) is 0 Å². The molecule has 0 saturated carbocycles. The zero-order valence-electron chi connectivity index (χ0n) is 21.7. The highest BCUT2D eigenvalue weighted by Gasteiger charge is 2.47. The fourth-order valence-corrected chi connectivity index (χ4v) is 4.81. The molecule has 1 aromatic rings. The third-order valence-electron chi connectivity index (χ3n) is 6.82. The molecule has 1 aliphatic rings. The monoisotopic (exact) mass is 520 g/mol. The molecule has 4 atom stereocenters. The van der Waals surface area contributed by atoms with E-state index in [4.69, 9.17) is 16.2 Å². The number of amides is 2. The number of carboxylic acids is 2. The zero-order valence-corrected chi connectivity index (χ0v) is 21.7. The van der Waals surface area contributed by atoms with E-state index in [1.54, 1.807) is 31.2 Å². The van der Waals surface area contributed by atoms with Gasteiger partial charge in [0.05, 0.1) is 19.1 Å². The number of esters is 1. The molecule has 2 amide bonds. The molecule has 0 bridgehead atoms. The molecular weight excluding hydrogens is 480 g/mol. The number of rotatable bonds is 14. The van der Waals surface area contributed by atoms with E-state index in [-0.39, 0.29) is 38.9 Å². The summed E-state index contributed by atoms with van der Waals surface area (Å²) in [5.74, 6) is -3.68. The van der Waals surface area contributed by atoms with Crippen molar-refractivity contribution in [1.82, 2.24) is 9.80 Å². The molecule has 0 aliphatic carbocycles. The van der Waals surface area contributed by atoms with Gasteiger partial charge in [-0.2, -0.15) is 0 Å². The molecule has 6 N–H and O–H groups in total. The third kappa shape index (κ3) is 7.65. The highest BCUT2D eigenvalue weighted by Crippen LogP contribution is 2.41. The molecule has 0 spiro atoms. The topological polar surface area (TPSA) is 176 Å². The van der Waals surface area contributed by atoms with Gasteiger partial charge >= 0.3 is 23.9 Å². The van der Waals surface area contributed by atoms with Gasteiger partial charge < -0.3 is 36.2 Å². The number of carbonyl (C=O) groups is 4. The second-order valence-electron chi connectivity index (χ2n) is 9.25. The van der Waals surface area contributed by atoms with Crippen LogP contribution in [0.15, 0.2) is 24.3 Å². The molecule has 2 unspecified atom stereocenters. The summed E-state index contributed by atoms with van der Waals surface area (Å²) in [5, 5.41) is 19.9. The quantitative estimate of drug-likeness (QED) is 0.211. The second kappa shape index (κ2) is 14.5. The summed E-state index contributed by atoms with van der Waals surface area (Å²) < 4.78 is 5.19.